The molecule has 28 heavy (non-hydrogen) atoms. The monoisotopic (exact) mass is 375 g/mol. The summed E-state index contributed by atoms with van der Waals surface area (Å²) < 4.78 is 13.4. The van der Waals surface area contributed by atoms with Gasteiger partial charge in [-0.1, -0.05) is 0 Å². The third-order valence-electron chi connectivity index (χ3n) is 4.86. The number of morpholine rings is 1. The first-order chi connectivity index (χ1) is 13.8. The smallest absolute Gasteiger partial charge is 0.144 e. The van der Waals surface area contributed by atoms with Crippen LogP contribution in [0.5, 0.6) is 11.5 Å². The highest BCUT2D eigenvalue weighted by molar-refractivity contribution is 5.59. The summed E-state index contributed by atoms with van der Waals surface area (Å²) >= 11 is 0. The van der Waals surface area contributed by atoms with Crippen molar-refractivity contribution in [1.29, 1.82) is 0 Å². The number of nitrogens with one attached hydrogen (secondary N) is 1. The predicted octanol–water partition coefficient (Wildman–Crippen LogP) is 3.35. The first kappa shape index (κ1) is 17.0. The molecule has 4 aromatic rings. The molecule has 142 valence electrons. The van der Waals surface area contributed by atoms with Gasteiger partial charge in [0.05, 0.1) is 30.8 Å². The molecule has 4 heterocycles. The normalized spacial score (nSPS) is 15.1. The summed E-state index contributed by atoms with van der Waals surface area (Å²) in [7, 11) is 0. The molecule has 0 spiro atoms. The lowest BCUT2D eigenvalue weighted by Crippen LogP contribution is -2.35. The summed E-state index contributed by atoms with van der Waals surface area (Å²) in [5.74, 6) is 1.56. The molecule has 1 aliphatic rings. The second-order valence-electron chi connectivity index (χ2n) is 6.85. The predicted molar refractivity (Wildman–Crippen MR) is 105 cm³/mol. The lowest BCUT2D eigenvalue weighted by molar-refractivity contribution is 0.0337. The van der Waals surface area contributed by atoms with Crippen LogP contribution in [0.25, 0.3) is 16.9 Å². The molecule has 7 heteroatoms. The first-order valence-electron chi connectivity index (χ1n) is 9.39. The maximum Gasteiger partial charge on any atom is 0.144 e. The van der Waals surface area contributed by atoms with E-state index in [0.29, 0.717) is 0 Å². The Labute approximate surface area is 162 Å². The highest BCUT2D eigenvalue weighted by atomic mass is 16.5. The molecule has 1 fully saturated rings. The van der Waals surface area contributed by atoms with Gasteiger partial charge in [0, 0.05) is 32.0 Å². The van der Waals surface area contributed by atoms with Crippen LogP contribution >= 0.6 is 0 Å². The van der Waals surface area contributed by atoms with Crippen molar-refractivity contribution in [2.75, 3.05) is 26.3 Å². The largest absolute Gasteiger partial charge is 0.456 e. The minimum absolute atomic E-state index is 0.775. The van der Waals surface area contributed by atoms with Crippen LogP contribution in [-0.4, -0.2) is 50.8 Å². The first-order valence-corrected chi connectivity index (χ1v) is 9.39. The lowest BCUT2D eigenvalue weighted by Gasteiger charge is -2.25. The number of hydrogen-bond acceptors (Lipinski definition) is 5. The summed E-state index contributed by atoms with van der Waals surface area (Å²) in [6.45, 7) is 4.35. The number of rotatable bonds is 5. The second kappa shape index (κ2) is 7.46. The van der Waals surface area contributed by atoms with Gasteiger partial charge >= 0.3 is 0 Å². The summed E-state index contributed by atoms with van der Waals surface area (Å²) in [6, 6.07) is 13.8. The molecule has 0 atom stereocenters. The maximum absolute atomic E-state index is 6.02. The van der Waals surface area contributed by atoms with Crippen LogP contribution in [0.4, 0.5) is 0 Å². The van der Waals surface area contributed by atoms with Gasteiger partial charge in [0.25, 0.3) is 0 Å². The van der Waals surface area contributed by atoms with Crippen LogP contribution in [0.1, 0.15) is 5.69 Å². The summed E-state index contributed by atoms with van der Waals surface area (Å²) in [5, 5.41) is 6.94. The Morgan fingerprint density at radius 1 is 0.964 bits per heavy atom. The van der Waals surface area contributed by atoms with Crippen LogP contribution in [-0.2, 0) is 11.3 Å². The highest BCUT2D eigenvalue weighted by Crippen LogP contribution is 2.25. The third kappa shape index (κ3) is 3.62. The summed E-state index contributed by atoms with van der Waals surface area (Å²) in [6.07, 6.45) is 5.78. The number of ether oxygens (including phenoxy) is 2. The van der Waals surface area contributed by atoms with E-state index in [-0.39, 0.29) is 0 Å². The van der Waals surface area contributed by atoms with Gasteiger partial charge in [0.15, 0.2) is 0 Å². The van der Waals surface area contributed by atoms with Crippen LogP contribution in [0.15, 0.2) is 61.1 Å². The van der Waals surface area contributed by atoms with Crippen molar-refractivity contribution in [3.63, 3.8) is 0 Å². The van der Waals surface area contributed by atoms with E-state index in [1.807, 2.05) is 53.1 Å². The molecule has 1 aliphatic heterocycles. The Balaban J connectivity index is 1.30. The minimum atomic E-state index is 0.775. The van der Waals surface area contributed by atoms with E-state index in [9.17, 15) is 0 Å². The van der Waals surface area contributed by atoms with Crippen molar-refractivity contribution < 1.29 is 9.47 Å². The molecular formula is C21H21N5O2. The molecule has 7 nitrogen and oxygen atoms in total. The second-order valence-corrected chi connectivity index (χ2v) is 6.85. The number of H-pyrrole nitrogens is 1. The highest BCUT2D eigenvalue weighted by Gasteiger charge is 2.13. The van der Waals surface area contributed by atoms with Crippen molar-refractivity contribution in [3.8, 4) is 22.8 Å². The molecule has 1 saturated heterocycles. The van der Waals surface area contributed by atoms with Crippen LogP contribution < -0.4 is 4.74 Å². The van der Waals surface area contributed by atoms with Crippen molar-refractivity contribution in [1.82, 2.24) is 24.5 Å². The van der Waals surface area contributed by atoms with Gasteiger partial charge < -0.3 is 13.9 Å². The SMILES string of the molecule is c1cc(-c2ccc(Oc3ccc4nc(CN5CCOCC5)cn4c3)cc2)[nH]n1. The molecule has 3 aromatic heterocycles. The Kier molecular flexibility index (Phi) is 4.52. The van der Waals surface area contributed by atoms with E-state index in [1.54, 1.807) is 6.20 Å². The third-order valence-corrected chi connectivity index (χ3v) is 4.86. The van der Waals surface area contributed by atoms with Crippen molar-refractivity contribution in [2.24, 2.45) is 0 Å². The number of benzene rings is 1. The number of aromatic amines is 1. The Morgan fingerprint density at radius 3 is 2.57 bits per heavy atom. The fourth-order valence-corrected chi connectivity index (χ4v) is 3.40. The number of nitrogens with zero attached hydrogens (tertiary/aromatic N) is 4. The average molecular weight is 375 g/mol. The topological polar surface area (TPSA) is 67.7 Å². The van der Waals surface area contributed by atoms with Crippen LogP contribution in [0.3, 0.4) is 0 Å². The Hall–Kier alpha value is -3.16. The van der Waals surface area contributed by atoms with E-state index < -0.39 is 0 Å². The molecule has 0 aliphatic carbocycles. The lowest BCUT2D eigenvalue weighted by atomic mass is 10.1. The minimum Gasteiger partial charge on any atom is -0.456 e. The number of aromatic nitrogens is 4. The number of hydrogen-bond donors (Lipinski definition) is 1. The fraction of sp³-hybridized carbons (Fsp3) is 0.238. The number of pyridine rings is 1. The fourth-order valence-electron chi connectivity index (χ4n) is 3.40. The summed E-state index contributed by atoms with van der Waals surface area (Å²) in [4.78, 5) is 7.08. The molecule has 0 amide bonds. The standard InChI is InChI=1S/C21H21N5O2/c1-3-18(4-2-16(1)20-7-8-22-24-20)28-19-5-6-21-23-17(14-26(21)15-19)13-25-9-11-27-12-10-25/h1-8,14-15H,9-13H2,(H,22,24). The van der Waals surface area contributed by atoms with E-state index >= 15 is 0 Å². The van der Waals surface area contributed by atoms with Crippen molar-refractivity contribution in [3.05, 3.63) is 66.7 Å². The van der Waals surface area contributed by atoms with E-state index in [0.717, 1.165) is 66.9 Å². The van der Waals surface area contributed by atoms with Gasteiger partial charge in [-0.2, -0.15) is 5.10 Å². The Bertz CT molecular complexity index is 1050. The maximum atomic E-state index is 6.02. The molecule has 0 bridgehead atoms. The Morgan fingerprint density at radius 2 is 1.79 bits per heavy atom. The molecule has 0 radical (unpaired) electrons. The van der Waals surface area contributed by atoms with Gasteiger partial charge in [0.2, 0.25) is 0 Å². The summed E-state index contributed by atoms with van der Waals surface area (Å²) in [5.41, 5.74) is 4.04. The van der Waals surface area contributed by atoms with Gasteiger partial charge in [-0.3, -0.25) is 10.00 Å². The van der Waals surface area contributed by atoms with Crippen LogP contribution in [0, 0.1) is 0 Å². The van der Waals surface area contributed by atoms with E-state index in [2.05, 4.69) is 21.3 Å². The quantitative estimate of drug-likeness (QED) is 0.579. The van der Waals surface area contributed by atoms with Gasteiger partial charge in [-0.05, 0) is 48.0 Å². The number of imidazole rings is 1. The zero-order valence-corrected chi connectivity index (χ0v) is 15.4. The zero-order valence-electron chi connectivity index (χ0n) is 15.4. The average Bonchev–Trinajstić information content (AvgIpc) is 3.39. The molecule has 1 N–H and O–H groups in total. The van der Waals surface area contributed by atoms with Gasteiger partial charge in [0.1, 0.15) is 17.1 Å². The zero-order chi connectivity index (χ0) is 18.8. The van der Waals surface area contributed by atoms with Crippen LogP contribution in [0.2, 0.25) is 0 Å². The molecule has 0 unspecified atom stereocenters. The molecule has 1 aromatic carbocycles. The molecular weight excluding hydrogens is 354 g/mol. The van der Waals surface area contributed by atoms with E-state index in [1.165, 1.54) is 0 Å². The van der Waals surface area contributed by atoms with Crippen molar-refractivity contribution in [2.45, 2.75) is 6.54 Å². The van der Waals surface area contributed by atoms with Gasteiger partial charge in [-0.15, -0.1) is 0 Å². The molecule has 0 saturated carbocycles. The van der Waals surface area contributed by atoms with Crippen molar-refractivity contribution >= 4 is 5.65 Å². The molecule has 5 rings (SSSR count). The van der Waals surface area contributed by atoms with Gasteiger partial charge in [-0.25, -0.2) is 4.98 Å². The number of fused-ring (bicyclic) bond motifs is 1. The van der Waals surface area contributed by atoms with E-state index in [4.69, 9.17) is 14.5 Å².